The van der Waals surface area contributed by atoms with E-state index in [0.29, 0.717) is 11.0 Å². The van der Waals surface area contributed by atoms with Crippen molar-refractivity contribution in [1.82, 2.24) is 10.3 Å². The molecule has 0 radical (unpaired) electrons. The van der Waals surface area contributed by atoms with Gasteiger partial charge in [-0.1, -0.05) is 13.8 Å². The predicted molar refractivity (Wildman–Crippen MR) is 75.7 cm³/mol. The number of rotatable bonds is 3. The highest BCUT2D eigenvalue weighted by molar-refractivity contribution is 9.10. The van der Waals surface area contributed by atoms with Crippen LogP contribution in [0.1, 0.15) is 19.5 Å². The first-order chi connectivity index (χ1) is 7.49. The lowest BCUT2D eigenvalue weighted by atomic mass is 10.2. The number of aromatic nitrogens is 1. The number of anilines is 1. The van der Waals surface area contributed by atoms with Gasteiger partial charge in [-0.2, -0.15) is 0 Å². The zero-order chi connectivity index (χ0) is 12.1. The molecule has 0 saturated carbocycles. The average molecular weight is 302 g/mol. The van der Waals surface area contributed by atoms with E-state index in [1.807, 2.05) is 19.1 Å². The highest BCUT2D eigenvalue weighted by Crippen LogP contribution is 2.15. The third-order valence-electron chi connectivity index (χ3n) is 1.93. The molecule has 1 heterocycles. The molecule has 1 rings (SSSR count). The molecule has 0 spiro atoms. The molecular weight excluding hydrogens is 286 g/mol. The Morgan fingerprint density at radius 2 is 2.19 bits per heavy atom. The number of aryl methyl sites for hydroxylation is 1. The second kappa shape index (κ2) is 6.15. The normalized spacial score (nSPS) is 10.3. The van der Waals surface area contributed by atoms with Gasteiger partial charge in [-0.25, -0.2) is 4.98 Å². The Balaban J connectivity index is 2.53. The van der Waals surface area contributed by atoms with E-state index >= 15 is 0 Å². The van der Waals surface area contributed by atoms with Crippen LogP contribution in [0.5, 0.6) is 0 Å². The van der Waals surface area contributed by atoms with Gasteiger partial charge in [0.15, 0.2) is 5.11 Å². The van der Waals surface area contributed by atoms with Crippen molar-refractivity contribution < 1.29 is 0 Å². The van der Waals surface area contributed by atoms with E-state index in [0.717, 1.165) is 22.5 Å². The van der Waals surface area contributed by atoms with Gasteiger partial charge in [0.1, 0.15) is 5.82 Å². The van der Waals surface area contributed by atoms with Gasteiger partial charge in [0, 0.05) is 11.0 Å². The number of halogens is 1. The minimum Gasteiger partial charge on any atom is -0.362 e. The van der Waals surface area contributed by atoms with Gasteiger partial charge in [-0.15, -0.1) is 0 Å². The summed E-state index contributed by atoms with van der Waals surface area (Å²) in [6, 6.07) is 3.84. The molecule has 5 heteroatoms. The molecule has 1 aromatic heterocycles. The van der Waals surface area contributed by atoms with Crippen molar-refractivity contribution in [3.63, 3.8) is 0 Å². The van der Waals surface area contributed by atoms with E-state index in [4.69, 9.17) is 12.2 Å². The molecular formula is C11H16BrN3S. The van der Waals surface area contributed by atoms with Crippen molar-refractivity contribution in [2.75, 3.05) is 11.9 Å². The number of nitrogens with zero attached hydrogens (tertiary/aromatic N) is 1. The van der Waals surface area contributed by atoms with E-state index in [-0.39, 0.29) is 0 Å². The van der Waals surface area contributed by atoms with Crippen LogP contribution in [0, 0.1) is 12.8 Å². The SMILES string of the molecule is Cc1nc(NC(=S)NCC(C)C)ccc1Br. The van der Waals surface area contributed by atoms with Crippen LogP contribution in [0.15, 0.2) is 16.6 Å². The maximum Gasteiger partial charge on any atom is 0.171 e. The standard InChI is InChI=1S/C11H16BrN3S/c1-7(2)6-13-11(16)15-10-5-4-9(12)8(3)14-10/h4-5,7H,6H2,1-3H3,(H2,13,14,15,16). The molecule has 0 atom stereocenters. The Labute approximate surface area is 110 Å². The molecule has 0 amide bonds. The van der Waals surface area contributed by atoms with E-state index in [9.17, 15) is 0 Å². The molecule has 0 aromatic carbocycles. The summed E-state index contributed by atoms with van der Waals surface area (Å²) < 4.78 is 0.999. The minimum atomic E-state index is 0.569. The molecule has 0 aliphatic heterocycles. The first-order valence-corrected chi connectivity index (χ1v) is 6.37. The Morgan fingerprint density at radius 3 is 2.75 bits per heavy atom. The number of nitrogens with one attached hydrogen (secondary N) is 2. The van der Waals surface area contributed by atoms with Crippen LogP contribution in [0.3, 0.4) is 0 Å². The average Bonchev–Trinajstić information content (AvgIpc) is 2.21. The van der Waals surface area contributed by atoms with E-state index in [1.54, 1.807) is 0 Å². The highest BCUT2D eigenvalue weighted by Gasteiger charge is 2.02. The summed E-state index contributed by atoms with van der Waals surface area (Å²) in [7, 11) is 0. The summed E-state index contributed by atoms with van der Waals surface area (Å²) in [5, 5.41) is 6.80. The van der Waals surface area contributed by atoms with Crippen LogP contribution in [-0.4, -0.2) is 16.6 Å². The van der Waals surface area contributed by atoms with Crippen LogP contribution in [0.4, 0.5) is 5.82 Å². The molecule has 0 saturated heterocycles. The lowest BCUT2D eigenvalue weighted by Gasteiger charge is -2.12. The minimum absolute atomic E-state index is 0.569. The summed E-state index contributed by atoms with van der Waals surface area (Å²) >= 11 is 8.56. The van der Waals surface area contributed by atoms with Crippen LogP contribution in [0.2, 0.25) is 0 Å². The van der Waals surface area contributed by atoms with Crippen molar-refractivity contribution in [3.8, 4) is 0 Å². The lowest BCUT2D eigenvalue weighted by Crippen LogP contribution is -2.31. The van der Waals surface area contributed by atoms with Crippen LogP contribution < -0.4 is 10.6 Å². The second-order valence-corrected chi connectivity index (χ2v) is 5.26. The summed E-state index contributed by atoms with van der Waals surface area (Å²) in [6.07, 6.45) is 0. The molecule has 0 aliphatic carbocycles. The Morgan fingerprint density at radius 1 is 1.50 bits per heavy atom. The predicted octanol–water partition coefficient (Wildman–Crippen LogP) is 3.09. The van der Waals surface area contributed by atoms with Gasteiger partial charge >= 0.3 is 0 Å². The fraction of sp³-hybridized carbons (Fsp3) is 0.455. The quantitative estimate of drug-likeness (QED) is 0.841. The molecule has 0 fully saturated rings. The van der Waals surface area contributed by atoms with Gasteiger partial charge in [0.2, 0.25) is 0 Å². The van der Waals surface area contributed by atoms with Crippen LogP contribution in [-0.2, 0) is 0 Å². The number of pyridine rings is 1. The second-order valence-electron chi connectivity index (χ2n) is 3.99. The Kier molecular flexibility index (Phi) is 5.15. The first kappa shape index (κ1) is 13.4. The third-order valence-corrected chi connectivity index (χ3v) is 3.02. The molecule has 0 unspecified atom stereocenters. The summed E-state index contributed by atoms with van der Waals surface area (Å²) in [4.78, 5) is 4.35. The number of hydrogen-bond acceptors (Lipinski definition) is 2. The maximum atomic E-state index is 5.16. The third kappa shape index (κ3) is 4.45. The molecule has 1 aromatic rings. The largest absolute Gasteiger partial charge is 0.362 e. The molecule has 0 bridgehead atoms. The molecule has 88 valence electrons. The van der Waals surface area contributed by atoms with Crippen LogP contribution >= 0.6 is 28.1 Å². The van der Waals surface area contributed by atoms with Crippen molar-refractivity contribution in [2.45, 2.75) is 20.8 Å². The number of thiocarbonyl (C=S) groups is 1. The maximum absolute atomic E-state index is 5.16. The molecule has 3 nitrogen and oxygen atoms in total. The summed E-state index contributed by atoms with van der Waals surface area (Å²) in [5.74, 6) is 1.33. The molecule has 16 heavy (non-hydrogen) atoms. The van der Waals surface area contributed by atoms with E-state index in [1.165, 1.54) is 0 Å². The van der Waals surface area contributed by atoms with E-state index in [2.05, 4.69) is 45.4 Å². The topological polar surface area (TPSA) is 37.0 Å². The van der Waals surface area contributed by atoms with Crippen molar-refractivity contribution in [3.05, 3.63) is 22.3 Å². The fourth-order valence-corrected chi connectivity index (χ4v) is 1.48. The van der Waals surface area contributed by atoms with Crippen LogP contribution in [0.25, 0.3) is 0 Å². The van der Waals surface area contributed by atoms with Crippen molar-refractivity contribution in [1.29, 1.82) is 0 Å². The fourth-order valence-electron chi connectivity index (χ4n) is 1.07. The van der Waals surface area contributed by atoms with Gasteiger partial charge in [0.25, 0.3) is 0 Å². The first-order valence-electron chi connectivity index (χ1n) is 5.17. The monoisotopic (exact) mass is 301 g/mol. The highest BCUT2D eigenvalue weighted by atomic mass is 79.9. The van der Waals surface area contributed by atoms with Crippen molar-refractivity contribution in [2.24, 2.45) is 5.92 Å². The van der Waals surface area contributed by atoms with E-state index < -0.39 is 0 Å². The zero-order valence-corrected chi connectivity index (χ0v) is 12.1. The smallest absolute Gasteiger partial charge is 0.171 e. The van der Waals surface area contributed by atoms with Gasteiger partial charge in [-0.3, -0.25) is 0 Å². The van der Waals surface area contributed by atoms with Gasteiger partial charge in [-0.05, 0) is 53.1 Å². The summed E-state index contributed by atoms with van der Waals surface area (Å²) in [6.45, 7) is 7.08. The van der Waals surface area contributed by atoms with Crippen molar-refractivity contribution >= 4 is 39.1 Å². The molecule has 0 aliphatic rings. The Hall–Kier alpha value is -0.680. The molecule has 2 N–H and O–H groups in total. The summed E-state index contributed by atoms with van der Waals surface area (Å²) in [5.41, 5.74) is 0.941. The zero-order valence-electron chi connectivity index (χ0n) is 9.67. The Bertz CT molecular complexity index is 379. The van der Waals surface area contributed by atoms with Gasteiger partial charge in [0.05, 0.1) is 5.69 Å². The van der Waals surface area contributed by atoms with Gasteiger partial charge < -0.3 is 10.6 Å². The lowest BCUT2D eigenvalue weighted by molar-refractivity contribution is 0.627. The number of hydrogen-bond donors (Lipinski definition) is 2.